The van der Waals surface area contributed by atoms with Gasteiger partial charge in [-0.2, -0.15) is 4.98 Å². The van der Waals surface area contributed by atoms with E-state index in [1.165, 1.54) is 0 Å². The van der Waals surface area contributed by atoms with Crippen LogP contribution in [0.1, 0.15) is 27.7 Å². The van der Waals surface area contributed by atoms with Crippen LogP contribution in [0.3, 0.4) is 0 Å². The van der Waals surface area contributed by atoms with Crippen LogP contribution in [0.2, 0.25) is 0 Å². The molecule has 2 aromatic heterocycles. The molecule has 2 aromatic rings. The summed E-state index contributed by atoms with van der Waals surface area (Å²) in [5.41, 5.74) is -0.257. The first-order valence-corrected chi connectivity index (χ1v) is 7.69. The number of hydrogen-bond donors (Lipinski definition) is 3. The van der Waals surface area contributed by atoms with Gasteiger partial charge in [0, 0.05) is 12.6 Å². The Morgan fingerprint density at radius 1 is 1.33 bits per heavy atom. The summed E-state index contributed by atoms with van der Waals surface area (Å²) in [6.45, 7) is 7.69. The number of nitrogens with one attached hydrogen (secondary N) is 3. The predicted octanol–water partition coefficient (Wildman–Crippen LogP) is 2.45. The van der Waals surface area contributed by atoms with Crippen molar-refractivity contribution < 1.29 is 4.79 Å². The minimum atomic E-state index is -0.382. The largest absolute Gasteiger partial charge is 0.358 e. The van der Waals surface area contributed by atoms with Gasteiger partial charge in [0.2, 0.25) is 11.9 Å². The topological polar surface area (TPSA) is 78.9 Å². The van der Waals surface area contributed by atoms with Crippen molar-refractivity contribution >= 4 is 39.2 Å². The molecule has 0 spiro atoms. The lowest BCUT2D eigenvalue weighted by Crippen LogP contribution is -2.47. The second-order valence-corrected chi connectivity index (χ2v) is 6.79. The summed E-state index contributed by atoms with van der Waals surface area (Å²) < 4.78 is 0. The van der Waals surface area contributed by atoms with Gasteiger partial charge in [-0.1, -0.05) is 0 Å². The first-order valence-electron chi connectivity index (χ1n) is 6.82. The highest BCUT2D eigenvalue weighted by Crippen LogP contribution is 2.26. The Morgan fingerprint density at radius 2 is 2.05 bits per heavy atom. The highest BCUT2D eigenvalue weighted by molar-refractivity contribution is 7.16. The van der Waals surface area contributed by atoms with Crippen LogP contribution in [0.5, 0.6) is 0 Å². The quantitative estimate of drug-likeness (QED) is 0.808. The van der Waals surface area contributed by atoms with Crippen LogP contribution in [0.25, 0.3) is 10.2 Å². The summed E-state index contributed by atoms with van der Waals surface area (Å²) in [7, 11) is 1.77. The number of carbonyl (C=O) groups excluding carboxylic acids is 1. The zero-order valence-corrected chi connectivity index (χ0v) is 13.8. The molecule has 7 heteroatoms. The zero-order valence-electron chi connectivity index (χ0n) is 12.9. The molecule has 1 atom stereocenters. The maximum absolute atomic E-state index is 12.2. The number of aromatic nitrogens is 2. The molecule has 1 amide bonds. The highest BCUT2D eigenvalue weighted by atomic mass is 32.1. The summed E-state index contributed by atoms with van der Waals surface area (Å²) in [5.74, 6) is 1.15. The number of thiophene rings is 1. The molecule has 0 aliphatic rings. The molecule has 3 N–H and O–H groups in total. The average Bonchev–Trinajstić information content (AvgIpc) is 2.84. The first-order chi connectivity index (χ1) is 9.80. The van der Waals surface area contributed by atoms with E-state index in [4.69, 9.17) is 0 Å². The minimum Gasteiger partial charge on any atom is -0.358 e. The van der Waals surface area contributed by atoms with Crippen molar-refractivity contribution in [3.63, 3.8) is 0 Å². The Kier molecular flexibility index (Phi) is 4.32. The molecule has 21 heavy (non-hydrogen) atoms. The van der Waals surface area contributed by atoms with Gasteiger partial charge in [0.1, 0.15) is 16.7 Å². The van der Waals surface area contributed by atoms with Gasteiger partial charge in [-0.3, -0.25) is 4.79 Å². The third-order valence-electron chi connectivity index (χ3n) is 2.79. The Hall–Kier alpha value is -1.89. The summed E-state index contributed by atoms with van der Waals surface area (Å²) in [6.07, 6.45) is 0. The molecular formula is C14H21N5OS. The monoisotopic (exact) mass is 307 g/mol. The van der Waals surface area contributed by atoms with Crippen molar-refractivity contribution in [3.05, 3.63) is 11.4 Å². The molecule has 0 fully saturated rings. The maximum atomic E-state index is 12.2. The zero-order chi connectivity index (χ0) is 15.6. The molecule has 0 saturated heterocycles. The molecule has 0 saturated carbocycles. The molecule has 6 nitrogen and oxygen atoms in total. The minimum absolute atomic E-state index is 0.0597. The summed E-state index contributed by atoms with van der Waals surface area (Å²) in [6, 6.07) is 1.57. The highest BCUT2D eigenvalue weighted by Gasteiger charge is 2.20. The summed E-state index contributed by atoms with van der Waals surface area (Å²) in [5, 5.41) is 11.9. The number of rotatable bonds is 4. The smallest absolute Gasteiger partial charge is 0.242 e. The van der Waals surface area contributed by atoms with Gasteiger partial charge in [0.25, 0.3) is 0 Å². The molecule has 0 aliphatic heterocycles. The van der Waals surface area contributed by atoms with E-state index in [1.807, 2.05) is 39.1 Å². The van der Waals surface area contributed by atoms with Crippen molar-refractivity contribution in [1.29, 1.82) is 0 Å². The van der Waals surface area contributed by atoms with Gasteiger partial charge in [-0.15, -0.1) is 11.3 Å². The van der Waals surface area contributed by atoms with Crippen LogP contribution in [0.4, 0.5) is 11.8 Å². The summed E-state index contributed by atoms with van der Waals surface area (Å²) in [4.78, 5) is 21.8. The van der Waals surface area contributed by atoms with Crippen LogP contribution in [0.15, 0.2) is 11.4 Å². The molecule has 114 valence electrons. The normalized spacial score (nSPS) is 13.0. The molecule has 0 aromatic carbocycles. The third kappa shape index (κ3) is 3.81. The van der Waals surface area contributed by atoms with Crippen molar-refractivity contribution in [2.24, 2.45) is 0 Å². The molecule has 0 radical (unpaired) electrons. The second-order valence-electron chi connectivity index (χ2n) is 5.89. The van der Waals surface area contributed by atoms with Gasteiger partial charge in [-0.25, -0.2) is 4.98 Å². The van der Waals surface area contributed by atoms with Crippen molar-refractivity contribution in [1.82, 2.24) is 15.3 Å². The van der Waals surface area contributed by atoms with Crippen LogP contribution in [-0.4, -0.2) is 34.5 Å². The lowest BCUT2D eigenvalue weighted by atomic mass is 10.1. The van der Waals surface area contributed by atoms with E-state index in [-0.39, 0.29) is 17.5 Å². The number of hydrogen-bond acceptors (Lipinski definition) is 6. The Morgan fingerprint density at radius 3 is 2.67 bits per heavy atom. The third-order valence-corrected chi connectivity index (χ3v) is 3.60. The molecule has 0 aliphatic carbocycles. The number of fused-ring (bicyclic) bond motifs is 1. The van der Waals surface area contributed by atoms with Crippen LogP contribution >= 0.6 is 11.3 Å². The number of amides is 1. The molecule has 2 rings (SSSR count). The molecule has 1 unspecified atom stereocenters. The molecule has 0 bridgehead atoms. The van der Waals surface area contributed by atoms with E-state index in [2.05, 4.69) is 25.9 Å². The van der Waals surface area contributed by atoms with Gasteiger partial charge >= 0.3 is 0 Å². The molecule has 2 heterocycles. The van der Waals surface area contributed by atoms with Gasteiger partial charge in [0.05, 0.1) is 5.39 Å². The number of anilines is 2. The average molecular weight is 307 g/mol. The van der Waals surface area contributed by atoms with Crippen LogP contribution in [-0.2, 0) is 4.79 Å². The van der Waals surface area contributed by atoms with Crippen LogP contribution in [0, 0.1) is 0 Å². The van der Waals surface area contributed by atoms with Crippen molar-refractivity contribution in [3.8, 4) is 0 Å². The van der Waals surface area contributed by atoms with E-state index in [0.717, 1.165) is 10.2 Å². The lowest BCUT2D eigenvalue weighted by molar-refractivity contribution is -0.122. The Labute approximate surface area is 128 Å². The summed E-state index contributed by atoms with van der Waals surface area (Å²) >= 11 is 1.54. The number of nitrogens with zero attached hydrogens (tertiary/aromatic N) is 2. The Bertz CT molecular complexity index is 646. The van der Waals surface area contributed by atoms with E-state index < -0.39 is 0 Å². The van der Waals surface area contributed by atoms with Crippen molar-refractivity contribution in [2.45, 2.75) is 39.3 Å². The lowest BCUT2D eigenvalue weighted by Gasteiger charge is -2.24. The van der Waals surface area contributed by atoms with E-state index >= 15 is 0 Å². The van der Waals surface area contributed by atoms with Crippen LogP contribution < -0.4 is 16.0 Å². The predicted molar refractivity (Wildman–Crippen MR) is 87.9 cm³/mol. The van der Waals surface area contributed by atoms with E-state index in [1.54, 1.807) is 18.4 Å². The van der Waals surface area contributed by atoms with Gasteiger partial charge < -0.3 is 16.0 Å². The SMILES string of the molecule is CNc1nc(NC(C)C(=O)NC(C)(C)C)c2ccsc2n1. The Balaban J connectivity index is 2.22. The second kappa shape index (κ2) is 5.85. The maximum Gasteiger partial charge on any atom is 0.242 e. The fourth-order valence-electron chi connectivity index (χ4n) is 1.83. The van der Waals surface area contributed by atoms with Gasteiger partial charge in [0.15, 0.2) is 0 Å². The van der Waals surface area contributed by atoms with Crippen molar-refractivity contribution in [2.75, 3.05) is 17.7 Å². The van der Waals surface area contributed by atoms with E-state index in [0.29, 0.717) is 11.8 Å². The fraction of sp³-hybridized carbons (Fsp3) is 0.500. The standard InChI is InChI=1S/C14H21N5OS/c1-8(11(20)19-14(2,3)4)16-10-9-6-7-21-12(9)18-13(15-5)17-10/h6-8H,1-5H3,(H,19,20)(H2,15,16,17,18). The fourth-order valence-corrected chi connectivity index (χ4v) is 2.59. The van der Waals surface area contributed by atoms with Gasteiger partial charge in [-0.05, 0) is 39.1 Å². The number of carbonyl (C=O) groups is 1. The first kappa shape index (κ1) is 15.5. The van der Waals surface area contributed by atoms with E-state index in [9.17, 15) is 4.79 Å². The molecular weight excluding hydrogens is 286 g/mol.